The van der Waals surface area contributed by atoms with Gasteiger partial charge >= 0.3 is 0 Å². The molecule has 72 valence electrons. The molecule has 0 radical (unpaired) electrons. The van der Waals surface area contributed by atoms with Crippen molar-refractivity contribution in [3.8, 4) is 0 Å². The second-order valence-corrected chi connectivity index (χ2v) is 2.45. The molecule has 0 spiro atoms. The van der Waals surface area contributed by atoms with Gasteiger partial charge in [0.15, 0.2) is 0 Å². The van der Waals surface area contributed by atoms with Gasteiger partial charge in [0.25, 0.3) is 0 Å². The summed E-state index contributed by atoms with van der Waals surface area (Å²) in [4.78, 5) is 11.1. The van der Waals surface area contributed by atoms with Crippen molar-refractivity contribution in [1.29, 1.82) is 0 Å². The SMILES string of the molecule is CC.CCc1c[nH]c2ncncc12.[HH]. The summed E-state index contributed by atoms with van der Waals surface area (Å²) in [6.07, 6.45) is 6.41. The topological polar surface area (TPSA) is 41.6 Å². The van der Waals surface area contributed by atoms with Crippen molar-refractivity contribution in [2.75, 3.05) is 0 Å². The molecule has 0 aliphatic rings. The maximum absolute atomic E-state index is 4.08. The summed E-state index contributed by atoms with van der Waals surface area (Å²) in [5.41, 5.74) is 2.21. The van der Waals surface area contributed by atoms with E-state index < -0.39 is 0 Å². The summed E-state index contributed by atoms with van der Waals surface area (Å²) in [6, 6.07) is 0. The quantitative estimate of drug-likeness (QED) is 0.731. The first-order valence-corrected chi connectivity index (χ1v) is 4.67. The molecule has 2 aromatic rings. The van der Waals surface area contributed by atoms with E-state index >= 15 is 0 Å². The van der Waals surface area contributed by atoms with Crippen LogP contribution in [0.5, 0.6) is 0 Å². The Kier molecular flexibility index (Phi) is 3.43. The van der Waals surface area contributed by atoms with Gasteiger partial charge in [0.2, 0.25) is 0 Å². The summed E-state index contributed by atoms with van der Waals surface area (Å²) in [5, 5.41) is 1.13. The number of hydrogen-bond donors (Lipinski definition) is 1. The number of hydrogen-bond acceptors (Lipinski definition) is 2. The second-order valence-electron chi connectivity index (χ2n) is 2.45. The molecule has 0 atom stereocenters. The molecule has 0 fully saturated rings. The first kappa shape index (κ1) is 9.71. The van der Waals surface area contributed by atoms with Crippen LogP contribution in [0.1, 0.15) is 27.8 Å². The molecule has 13 heavy (non-hydrogen) atoms. The third kappa shape index (κ3) is 1.86. The number of aromatic amines is 1. The highest BCUT2D eigenvalue weighted by Crippen LogP contribution is 2.13. The van der Waals surface area contributed by atoms with Crippen molar-refractivity contribution >= 4 is 11.0 Å². The van der Waals surface area contributed by atoms with Crippen molar-refractivity contribution in [2.24, 2.45) is 0 Å². The normalized spacial score (nSPS) is 9.46. The van der Waals surface area contributed by atoms with Gasteiger partial charge in [-0.2, -0.15) is 0 Å². The fourth-order valence-corrected chi connectivity index (χ4v) is 1.21. The predicted molar refractivity (Wildman–Crippen MR) is 56.7 cm³/mol. The van der Waals surface area contributed by atoms with Gasteiger partial charge in [-0.25, -0.2) is 9.97 Å². The molecule has 2 rings (SSSR count). The predicted octanol–water partition coefficient (Wildman–Crippen LogP) is 2.79. The molecular formula is C10H17N3. The minimum atomic E-state index is 0. The Morgan fingerprint density at radius 3 is 2.92 bits per heavy atom. The second kappa shape index (κ2) is 4.60. The van der Waals surface area contributed by atoms with Gasteiger partial charge in [0.05, 0.1) is 0 Å². The number of rotatable bonds is 1. The largest absolute Gasteiger partial charge is 0.346 e. The summed E-state index contributed by atoms with van der Waals surface area (Å²) in [5.74, 6) is 0. The van der Waals surface area contributed by atoms with Gasteiger partial charge in [0.1, 0.15) is 12.0 Å². The van der Waals surface area contributed by atoms with Crippen molar-refractivity contribution in [3.05, 3.63) is 24.3 Å². The molecule has 0 saturated heterocycles. The van der Waals surface area contributed by atoms with Crippen molar-refractivity contribution in [1.82, 2.24) is 15.0 Å². The third-order valence-corrected chi connectivity index (χ3v) is 1.82. The molecule has 0 bridgehead atoms. The van der Waals surface area contributed by atoms with E-state index in [0.717, 1.165) is 17.5 Å². The van der Waals surface area contributed by atoms with E-state index in [9.17, 15) is 0 Å². The Hall–Kier alpha value is -1.38. The molecule has 2 aromatic heterocycles. The van der Waals surface area contributed by atoms with Gasteiger partial charge in [-0.15, -0.1) is 0 Å². The van der Waals surface area contributed by atoms with E-state index in [1.165, 1.54) is 5.56 Å². The van der Waals surface area contributed by atoms with E-state index in [0.29, 0.717) is 0 Å². The number of fused-ring (bicyclic) bond motifs is 1. The van der Waals surface area contributed by atoms with Crippen molar-refractivity contribution < 1.29 is 1.43 Å². The van der Waals surface area contributed by atoms with Crippen LogP contribution in [0, 0.1) is 0 Å². The van der Waals surface area contributed by atoms with Gasteiger partial charge in [-0.1, -0.05) is 20.8 Å². The molecule has 1 N–H and O–H groups in total. The summed E-state index contributed by atoms with van der Waals surface area (Å²) < 4.78 is 0. The zero-order chi connectivity index (χ0) is 9.68. The molecule has 3 heteroatoms. The molecule has 0 amide bonds. The average molecular weight is 179 g/mol. The average Bonchev–Trinajstić information content (AvgIpc) is 2.64. The molecule has 0 aliphatic heterocycles. The Morgan fingerprint density at radius 2 is 2.23 bits per heavy atom. The highest BCUT2D eigenvalue weighted by atomic mass is 14.9. The standard InChI is InChI=1S/C8H9N3.C2H6.H2/c1-2-6-3-10-8-7(6)4-9-5-11-8;1-2;/h3-5H,2H2,1H3,(H,9,10,11);1-2H3;1H. The highest BCUT2D eigenvalue weighted by molar-refractivity contribution is 5.78. The van der Waals surface area contributed by atoms with E-state index in [4.69, 9.17) is 0 Å². The molecule has 0 unspecified atom stereocenters. The Morgan fingerprint density at radius 1 is 1.46 bits per heavy atom. The summed E-state index contributed by atoms with van der Waals surface area (Å²) in [6.45, 7) is 6.12. The molecule has 0 aromatic carbocycles. The summed E-state index contributed by atoms with van der Waals surface area (Å²) >= 11 is 0. The lowest BCUT2D eigenvalue weighted by atomic mass is 10.2. The number of nitrogens with one attached hydrogen (secondary N) is 1. The monoisotopic (exact) mass is 179 g/mol. The van der Waals surface area contributed by atoms with Crippen LogP contribution in [0.15, 0.2) is 18.7 Å². The first-order valence-electron chi connectivity index (χ1n) is 4.67. The number of H-pyrrole nitrogens is 1. The first-order chi connectivity index (χ1) is 6.42. The van der Waals surface area contributed by atoms with Crippen LogP contribution >= 0.6 is 0 Å². The summed E-state index contributed by atoms with van der Waals surface area (Å²) in [7, 11) is 0. The minimum Gasteiger partial charge on any atom is -0.346 e. The number of aryl methyl sites for hydroxylation is 1. The maximum Gasteiger partial charge on any atom is 0.140 e. The molecule has 2 heterocycles. The molecule has 0 aliphatic carbocycles. The van der Waals surface area contributed by atoms with Gasteiger partial charge in [-0.3, -0.25) is 0 Å². The molecule has 3 nitrogen and oxygen atoms in total. The van der Waals surface area contributed by atoms with Gasteiger partial charge in [0, 0.05) is 19.2 Å². The van der Waals surface area contributed by atoms with Crippen LogP contribution in [0.2, 0.25) is 0 Å². The maximum atomic E-state index is 4.08. The van der Waals surface area contributed by atoms with Crippen LogP contribution in [0.4, 0.5) is 0 Å². The lowest BCUT2D eigenvalue weighted by Crippen LogP contribution is -1.79. The fourth-order valence-electron chi connectivity index (χ4n) is 1.21. The van der Waals surface area contributed by atoms with E-state index in [1.54, 1.807) is 6.33 Å². The zero-order valence-electron chi connectivity index (χ0n) is 8.33. The third-order valence-electron chi connectivity index (χ3n) is 1.82. The van der Waals surface area contributed by atoms with Crippen LogP contribution in [-0.2, 0) is 6.42 Å². The van der Waals surface area contributed by atoms with E-state index in [2.05, 4.69) is 21.9 Å². The lowest BCUT2D eigenvalue weighted by molar-refractivity contribution is 1.15. The van der Waals surface area contributed by atoms with E-state index in [-0.39, 0.29) is 1.43 Å². The van der Waals surface area contributed by atoms with E-state index in [1.807, 2.05) is 26.2 Å². The minimum absolute atomic E-state index is 0. The Balaban J connectivity index is 0.000000531. The fraction of sp³-hybridized carbons (Fsp3) is 0.400. The smallest absolute Gasteiger partial charge is 0.140 e. The Labute approximate surface area is 79.7 Å². The highest BCUT2D eigenvalue weighted by Gasteiger charge is 2.00. The lowest BCUT2D eigenvalue weighted by Gasteiger charge is -1.89. The van der Waals surface area contributed by atoms with Gasteiger partial charge < -0.3 is 4.98 Å². The number of aromatic nitrogens is 3. The Bertz CT molecular complexity index is 370. The number of nitrogens with zero attached hydrogens (tertiary/aromatic N) is 2. The van der Waals surface area contributed by atoms with Crippen molar-refractivity contribution in [2.45, 2.75) is 27.2 Å². The van der Waals surface area contributed by atoms with Crippen LogP contribution in [0.3, 0.4) is 0 Å². The van der Waals surface area contributed by atoms with Crippen LogP contribution < -0.4 is 0 Å². The van der Waals surface area contributed by atoms with Crippen molar-refractivity contribution in [3.63, 3.8) is 0 Å². The molecule has 0 saturated carbocycles. The van der Waals surface area contributed by atoms with Crippen LogP contribution in [0.25, 0.3) is 11.0 Å². The van der Waals surface area contributed by atoms with Gasteiger partial charge in [-0.05, 0) is 12.0 Å². The molecular weight excluding hydrogens is 162 g/mol. The van der Waals surface area contributed by atoms with Crippen LogP contribution in [-0.4, -0.2) is 15.0 Å². The zero-order valence-corrected chi connectivity index (χ0v) is 8.33.